The lowest BCUT2D eigenvalue weighted by Gasteiger charge is -1.90. The van der Waals surface area contributed by atoms with Crippen molar-refractivity contribution in [2.45, 2.75) is 6.92 Å². The van der Waals surface area contributed by atoms with Crippen LogP contribution in [0, 0.1) is 0 Å². The van der Waals surface area contributed by atoms with E-state index in [1.54, 1.807) is 6.92 Å². The summed E-state index contributed by atoms with van der Waals surface area (Å²) >= 11 is 0. The zero-order valence-corrected chi connectivity index (χ0v) is 3.88. The second kappa shape index (κ2) is 3.42. The summed E-state index contributed by atoms with van der Waals surface area (Å²) in [6.07, 6.45) is -1.41. The molecule has 0 saturated carbocycles. The van der Waals surface area contributed by atoms with Crippen molar-refractivity contribution in [2.24, 2.45) is 0 Å². The van der Waals surface area contributed by atoms with Crippen LogP contribution in [0.3, 0.4) is 0 Å². The lowest BCUT2D eigenvalue weighted by atomic mass is 10.9. The molecule has 0 radical (unpaired) electrons. The lowest BCUT2D eigenvalue weighted by molar-refractivity contribution is -0.247. The molecule has 0 aromatic heterocycles. The molecule has 7 heavy (non-hydrogen) atoms. The average Bonchev–Trinajstić information content (AvgIpc) is 1.61. The van der Waals surface area contributed by atoms with E-state index in [0.717, 1.165) is 0 Å². The van der Waals surface area contributed by atoms with E-state index >= 15 is 0 Å². The molecule has 0 fully saturated rings. The van der Waals surface area contributed by atoms with E-state index < -0.39 is 6.16 Å². The lowest BCUT2D eigenvalue weighted by Crippen LogP contribution is -2.00. The van der Waals surface area contributed by atoms with E-state index in [4.69, 9.17) is 5.11 Å². The van der Waals surface area contributed by atoms with Crippen LogP contribution in [0.15, 0.2) is 0 Å². The molecule has 0 aliphatic rings. The Kier molecular flexibility index (Phi) is 3.04. The molecular weight excluding hydrogens is 100 g/mol. The van der Waals surface area contributed by atoms with Crippen molar-refractivity contribution < 1.29 is 19.7 Å². The van der Waals surface area contributed by atoms with Crippen LogP contribution >= 0.6 is 0 Å². The van der Waals surface area contributed by atoms with Gasteiger partial charge in [-0.2, -0.15) is 4.89 Å². The second-order valence-electron chi connectivity index (χ2n) is 0.756. The highest BCUT2D eigenvalue weighted by Gasteiger charge is 1.91. The van der Waals surface area contributed by atoms with Crippen LogP contribution in [0.5, 0.6) is 0 Å². The van der Waals surface area contributed by atoms with Crippen molar-refractivity contribution >= 4 is 6.16 Å². The van der Waals surface area contributed by atoms with Crippen molar-refractivity contribution in [1.29, 1.82) is 0 Å². The number of carbonyl (C=O) groups is 1. The first-order valence-corrected chi connectivity index (χ1v) is 1.79. The number of hydrogen-bond donors (Lipinski definition) is 1. The van der Waals surface area contributed by atoms with E-state index in [1.165, 1.54) is 0 Å². The first-order valence-electron chi connectivity index (χ1n) is 1.79. The SMILES string of the molecule is CCOOC(=O)O. The predicted molar refractivity (Wildman–Crippen MR) is 20.7 cm³/mol. The molecule has 0 saturated heterocycles. The van der Waals surface area contributed by atoms with Crippen LogP contribution in [-0.2, 0) is 9.78 Å². The largest absolute Gasteiger partial charge is 0.537 e. The van der Waals surface area contributed by atoms with Gasteiger partial charge >= 0.3 is 6.16 Å². The standard InChI is InChI=1S/C3H6O4/c1-2-6-7-3(4)5/h2H2,1H3,(H,4,5). The zero-order valence-electron chi connectivity index (χ0n) is 3.88. The van der Waals surface area contributed by atoms with Gasteiger partial charge in [-0.3, -0.25) is 4.89 Å². The maximum Gasteiger partial charge on any atom is 0.537 e. The average molecular weight is 106 g/mol. The molecular formula is C3H6O4. The quantitative estimate of drug-likeness (QED) is 0.414. The second-order valence-corrected chi connectivity index (χ2v) is 0.756. The topological polar surface area (TPSA) is 55.8 Å². The fourth-order valence-electron chi connectivity index (χ4n) is 0.109. The van der Waals surface area contributed by atoms with Crippen LogP contribution < -0.4 is 0 Å². The van der Waals surface area contributed by atoms with Gasteiger partial charge in [-0.1, -0.05) is 0 Å². The van der Waals surface area contributed by atoms with Crippen LogP contribution in [0.1, 0.15) is 6.92 Å². The van der Waals surface area contributed by atoms with Gasteiger partial charge in [-0.25, -0.2) is 4.79 Å². The molecule has 42 valence electrons. The van der Waals surface area contributed by atoms with Crippen molar-refractivity contribution in [2.75, 3.05) is 6.61 Å². The molecule has 4 heteroatoms. The fraction of sp³-hybridized carbons (Fsp3) is 0.667. The van der Waals surface area contributed by atoms with E-state index in [1.807, 2.05) is 0 Å². The molecule has 0 bridgehead atoms. The normalized spacial score (nSPS) is 8.14. The van der Waals surface area contributed by atoms with Gasteiger partial charge in [0.15, 0.2) is 0 Å². The highest BCUT2D eigenvalue weighted by atomic mass is 17.2. The molecule has 0 rings (SSSR count). The fourth-order valence-corrected chi connectivity index (χ4v) is 0.109. The summed E-state index contributed by atoms with van der Waals surface area (Å²) in [5.41, 5.74) is 0. The molecule has 0 spiro atoms. The molecule has 0 aliphatic carbocycles. The van der Waals surface area contributed by atoms with E-state index in [9.17, 15) is 4.79 Å². The van der Waals surface area contributed by atoms with Crippen LogP contribution in [0.4, 0.5) is 4.79 Å². The third-order valence-corrected chi connectivity index (χ3v) is 0.248. The van der Waals surface area contributed by atoms with Gasteiger partial charge in [0.1, 0.15) is 0 Å². The number of rotatable bonds is 2. The third kappa shape index (κ3) is 5.23. The molecule has 0 aromatic carbocycles. The molecule has 0 aromatic rings. The first-order chi connectivity index (χ1) is 3.27. The Morgan fingerprint density at radius 3 is 2.57 bits per heavy atom. The van der Waals surface area contributed by atoms with Gasteiger partial charge in [0.25, 0.3) is 0 Å². The van der Waals surface area contributed by atoms with Crippen molar-refractivity contribution in [1.82, 2.24) is 0 Å². The van der Waals surface area contributed by atoms with Crippen molar-refractivity contribution in [3.63, 3.8) is 0 Å². The Labute approximate surface area is 40.6 Å². The smallest absolute Gasteiger partial charge is 0.448 e. The van der Waals surface area contributed by atoms with E-state index in [2.05, 4.69) is 9.78 Å². The van der Waals surface area contributed by atoms with Gasteiger partial charge in [-0.15, -0.1) is 0 Å². The van der Waals surface area contributed by atoms with Gasteiger partial charge in [0.05, 0.1) is 6.61 Å². The highest BCUT2D eigenvalue weighted by Crippen LogP contribution is 1.75. The maximum atomic E-state index is 9.41. The van der Waals surface area contributed by atoms with Crippen molar-refractivity contribution in [3.8, 4) is 0 Å². The minimum Gasteiger partial charge on any atom is -0.448 e. The van der Waals surface area contributed by atoms with Gasteiger partial charge in [-0.05, 0) is 6.92 Å². The molecule has 0 amide bonds. The van der Waals surface area contributed by atoms with Crippen molar-refractivity contribution in [3.05, 3.63) is 0 Å². The maximum absolute atomic E-state index is 9.41. The van der Waals surface area contributed by atoms with Crippen LogP contribution in [0.2, 0.25) is 0 Å². The summed E-state index contributed by atoms with van der Waals surface area (Å²) in [6, 6.07) is 0. The monoisotopic (exact) mass is 106 g/mol. The molecule has 0 atom stereocenters. The Hall–Kier alpha value is -0.770. The van der Waals surface area contributed by atoms with E-state index in [-0.39, 0.29) is 6.61 Å². The minimum absolute atomic E-state index is 0.242. The summed E-state index contributed by atoms with van der Waals surface area (Å²) in [5.74, 6) is 0. The van der Waals surface area contributed by atoms with Crippen LogP contribution in [-0.4, -0.2) is 17.9 Å². The summed E-state index contributed by atoms with van der Waals surface area (Å²) in [4.78, 5) is 17.0. The number of carboxylic acid groups (broad SMARTS) is 1. The molecule has 4 nitrogen and oxygen atoms in total. The highest BCUT2D eigenvalue weighted by molar-refractivity contribution is 5.55. The molecule has 0 aliphatic heterocycles. The Morgan fingerprint density at radius 2 is 2.43 bits per heavy atom. The summed E-state index contributed by atoms with van der Waals surface area (Å²) < 4.78 is 0. The Balaban J connectivity index is 2.82. The summed E-state index contributed by atoms with van der Waals surface area (Å²) in [6.45, 7) is 1.87. The third-order valence-electron chi connectivity index (χ3n) is 0.248. The number of hydrogen-bond acceptors (Lipinski definition) is 3. The predicted octanol–water partition coefficient (Wildman–Crippen LogP) is 0.633. The first kappa shape index (κ1) is 6.23. The molecule has 0 heterocycles. The minimum atomic E-state index is -1.41. The summed E-state index contributed by atoms with van der Waals surface area (Å²) in [5, 5.41) is 7.70. The zero-order chi connectivity index (χ0) is 5.70. The Bertz CT molecular complexity index is 60.0. The molecule has 1 N–H and O–H groups in total. The van der Waals surface area contributed by atoms with E-state index in [0.29, 0.717) is 0 Å². The van der Waals surface area contributed by atoms with Gasteiger partial charge < -0.3 is 5.11 Å². The van der Waals surface area contributed by atoms with Crippen LogP contribution in [0.25, 0.3) is 0 Å². The van der Waals surface area contributed by atoms with Gasteiger partial charge in [0.2, 0.25) is 0 Å². The molecule has 0 unspecified atom stereocenters. The van der Waals surface area contributed by atoms with Gasteiger partial charge in [0, 0.05) is 0 Å². The Morgan fingerprint density at radius 1 is 1.86 bits per heavy atom. The summed E-state index contributed by atoms with van der Waals surface area (Å²) in [7, 11) is 0.